The largest absolute Gasteiger partial charge is 0.466 e. The number of piperidine rings is 1. The summed E-state index contributed by atoms with van der Waals surface area (Å²) in [6, 6.07) is -0.316. The van der Waals surface area contributed by atoms with Crippen molar-refractivity contribution in [1.29, 1.82) is 0 Å². The molecule has 0 spiro atoms. The summed E-state index contributed by atoms with van der Waals surface area (Å²) >= 11 is 0. The van der Waals surface area contributed by atoms with Crippen LogP contribution in [-0.4, -0.2) is 59.6 Å². The van der Waals surface area contributed by atoms with Crippen molar-refractivity contribution in [2.75, 3.05) is 26.4 Å². The standard InChI is InChI=1S/C18H31N3O4/c1-5-25-15(22)14-7-10-20(11-8-14)12-21-16(23)18(4,19-17(21)24)9-6-13(2)3/h13-14H,5-12H2,1-4H3,(H,19,24)/t18-/m0/s1. The third kappa shape index (κ3) is 4.71. The highest BCUT2D eigenvalue weighted by Gasteiger charge is 2.47. The summed E-state index contributed by atoms with van der Waals surface area (Å²) in [5, 5.41) is 2.86. The van der Waals surface area contributed by atoms with E-state index in [9.17, 15) is 14.4 Å². The maximum atomic E-state index is 12.7. The molecule has 0 bridgehead atoms. The Morgan fingerprint density at radius 3 is 2.52 bits per heavy atom. The van der Waals surface area contributed by atoms with Crippen molar-refractivity contribution < 1.29 is 19.1 Å². The number of nitrogens with zero attached hydrogens (tertiary/aromatic N) is 2. The number of esters is 1. The van der Waals surface area contributed by atoms with Crippen LogP contribution in [0.3, 0.4) is 0 Å². The van der Waals surface area contributed by atoms with Crippen LogP contribution in [0.1, 0.15) is 53.4 Å². The quantitative estimate of drug-likeness (QED) is 0.559. The predicted molar refractivity (Wildman–Crippen MR) is 93.7 cm³/mol. The Labute approximate surface area is 150 Å². The predicted octanol–water partition coefficient (Wildman–Crippen LogP) is 1.97. The van der Waals surface area contributed by atoms with E-state index in [1.54, 1.807) is 6.92 Å². The zero-order valence-electron chi connectivity index (χ0n) is 15.8. The van der Waals surface area contributed by atoms with Gasteiger partial charge in [0.1, 0.15) is 5.54 Å². The number of rotatable bonds is 7. The van der Waals surface area contributed by atoms with Crippen LogP contribution in [0.4, 0.5) is 4.79 Å². The molecule has 7 heteroatoms. The second-order valence-corrected chi connectivity index (χ2v) is 7.71. The van der Waals surface area contributed by atoms with Gasteiger partial charge in [-0.25, -0.2) is 9.69 Å². The van der Waals surface area contributed by atoms with Crippen molar-refractivity contribution in [3.8, 4) is 0 Å². The summed E-state index contributed by atoms with van der Waals surface area (Å²) < 4.78 is 5.07. The average Bonchev–Trinajstić information content (AvgIpc) is 2.78. The molecule has 1 N–H and O–H groups in total. The molecule has 0 aromatic heterocycles. The molecule has 142 valence electrons. The number of ether oxygens (including phenoxy) is 1. The maximum absolute atomic E-state index is 12.7. The maximum Gasteiger partial charge on any atom is 0.326 e. The van der Waals surface area contributed by atoms with Gasteiger partial charge in [0, 0.05) is 13.1 Å². The Morgan fingerprint density at radius 1 is 1.32 bits per heavy atom. The van der Waals surface area contributed by atoms with E-state index in [4.69, 9.17) is 4.74 Å². The fraction of sp³-hybridized carbons (Fsp3) is 0.833. The molecule has 2 saturated heterocycles. The smallest absolute Gasteiger partial charge is 0.326 e. The first-order valence-electron chi connectivity index (χ1n) is 9.30. The summed E-state index contributed by atoms with van der Waals surface area (Å²) in [4.78, 5) is 40.2. The molecule has 0 unspecified atom stereocenters. The molecule has 2 rings (SSSR count). The van der Waals surface area contributed by atoms with Crippen LogP contribution in [0.2, 0.25) is 0 Å². The fourth-order valence-corrected chi connectivity index (χ4v) is 3.39. The Kier molecular flexibility index (Phi) is 6.43. The van der Waals surface area contributed by atoms with Gasteiger partial charge in [0.2, 0.25) is 0 Å². The second-order valence-electron chi connectivity index (χ2n) is 7.71. The van der Waals surface area contributed by atoms with E-state index in [1.165, 1.54) is 4.90 Å². The van der Waals surface area contributed by atoms with Crippen molar-refractivity contribution in [2.24, 2.45) is 11.8 Å². The van der Waals surface area contributed by atoms with Crippen LogP contribution in [0.5, 0.6) is 0 Å². The third-order valence-electron chi connectivity index (χ3n) is 5.12. The van der Waals surface area contributed by atoms with Crippen LogP contribution in [-0.2, 0) is 14.3 Å². The van der Waals surface area contributed by atoms with Gasteiger partial charge in [-0.05, 0) is 45.4 Å². The number of imide groups is 1. The van der Waals surface area contributed by atoms with Gasteiger partial charge in [-0.3, -0.25) is 14.5 Å². The van der Waals surface area contributed by atoms with Gasteiger partial charge in [0.25, 0.3) is 5.91 Å². The van der Waals surface area contributed by atoms with Gasteiger partial charge >= 0.3 is 12.0 Å². The number of hydrogen-bond donors (Lipinski definition) is 1. The van der Waals surface area contributed by atoms with Crippen LogP contribution in [0.15, 0.2) is 0 Å². The van der Waals surface area contributed by atoms with Crippen LogP contribution < -0.4 is 5.32 Å². The Morgan fingerprint density at radius 2 is 1.96 bits per heavy atom. The first-order chi connectivity index (χ1) is 11.8. The van der Waals surface area contributed by atoms with Crippen molar-refractivity contribution in [3.63, 3.8) is 0 Å². The highest BCUT2D eigenvalue weighted by Crippen LogP contribution is 2.26. The van der Waals surface area contributed by atoms with E-state index in [1.807, 2.05) is 6.92 Å². The minimum atomic E-state index is -0.801. The summed E-state index contributed by atoms with van der Waals surface area (Å²) in [7, 11) is 0. The van der Waals surface area contributed by atoms with Gasteiger partial charge in [0.15, 0.2) is 0 Å². The van der Waals surface area contributed by atoms with E-state index in [0.717, 1.165) is 6.42 Å². The Balaban J connectivity index is 1.88. The zero-order valence-corrected chi connectivity index (χ0v) is 15.8. The molecule has 25 heavy (non-hydrogen) atoms. The summed E-state index contributed by atoms with van der Waals surface area (Å²) in [5.74, 6) is 0.122. The molecule has 2 heterocycles. The van der Waals surface area contributed by atoms with Crippen LogP contribution in [0.25, 0.3) is 0 Å². The summed E-state index contributed by atoms with van der Waals surface area (Å²) in [6.07, 6.45) is 2.94. The molecule has 0 aliphatic carbocycles. The topological polar surface area (TPSA) is 79.0 Å². The lowest BCUT2D eigenvalue weighted by atomic mass is 9.92. The van der Waals surface area contributed by atoms with Crippen molar-refractivity contribution in [3.05, 3.63) is 0 Å². The SMILES string of the molecule is CCOC(=O)C1CCN(CN2C(=O)N[C@@](C)(CCC(C)C)C2=O)CC1. The molecule has 2 aliphatic rings. The summed E-state index contributed by atoms with van der Waals surface area (Å²) in [5.41, 5.74) is -0.801. The molecular weight excluding hydrogens is 322 g/mol. The van der Waals surface area contributed by atoms with Gasteiger partial charge in [-0.1, -0.05) is 13.8 Å². The monoisotopic (exact) mass is 353 g/mol. The second kappa shape index (κ2) is 8.17. The number of carbonyl (C=O) groups is 3. The van der Waals surface area contributed by atoms with E-state index in [2.05, 4.69) is 24.1 Å². The minimum Gasteiger partial charge on any atom is -0.466 e. The van der Waals surface area contributed by atoms with Crippen LogP contribution in [0, 0.1) is 11.8 Å². The van der Waals surface area contributed by atoms with Gasteiger partial charge in [-0.2, -0.15) is 0 Å². The number of urea groups is 1. The number of nitrogens with one attached hydrogen (secondary N) is 1. The molecule has 1 atom stereocenters. The average molecular weight is 353 g/mol. The van der Waals surface area contributed by atoms with E-state index >= 15 is 0 Å². The first-order valence-corrected chi connectivity index (χ1v) is 9.30. The highest BCUT2D eigenvalue weighted by atomic mass is 16.5. The van der Waals surface area contributed by atoms with Crippen molar-refractivity contribution >= 4 is 17.9 Å². The molecule has 2 aliphatic heterocycles. The third-order valence-corrected chi connectivity index (χ3v) is 5.12. The van der Waals surface area contributed by atoms with Gasteiger partial charge in [-0.15, -0.1) is 0 Å². The van der Waals surface area contributed by atoms with E-state index in [0.29, 0.717) is 44.9 Å². The first kappa shape index (κ1) is 19.7. The van der Waals surface area contributed by atoms with E-state index in [-0.39, 0.29) is 30.5 Å². The van der Waals surface area contributed by atoms with E-state index < -0.39 is 5.54 Å². The van der Waals surface area contributed by atoms with Gasteiger partial charge < -0.3 is 10.1 Å². The lowest BCUT2D eigenvalue weighted by Crippen LogP contribution is -2.47. The number of hydrogen-bond acceptors (Lipinski definition) is 5. The molecule has 7 nitrogen and oxygen atoms in total. The Bertz CT molecular complexity index is 514. The highest BCUT2D eigenvalue weighted by molar-refractivity contribution is 6.06. The molecule has 0 saturated carbocycles. The summed E-state index contributed by atoms with van der Waals surface area (Å²) in [6.45, 7) is 9.89. The molecule has 0 radical (unpaired) electrons. The molecule has 3 amide bonds. The molecular formula is C18H31N3O4. The lowest BCUT2D eigenvalue weighted by molar-refractivity contribution is -0.150. The van der Waals surface area contributed by atoms with Crippen LogP contribution >= 0.6 is 0 Å². The van der Waals surface area contributed by atoms with Crippen molar-refractivity contribution in [2.45, 2.75) is 58.9 Å². The number of carbonyl (C=O) groups excluding carboxylic acids is 3. The Hall–Kier alpha value is -1.63. The minimum absolute atomic E-state index is 0.0735. The lowest BCUT2D eigenvalue weighted by Gasteiger charge is -2.33. The molecule has 2 fully saturated rings. The number of likely N-dealkylation sites (tertiary alicyclic amines) is 1. The normalized spacial score (nSPS) is 25.6. The zero-order chi connectivity index (χ0) is 18.6. The number of amides is 3. The van der Waals surface area contributed by atoms with Gasteiger partial charge in [0.05, 0.1) is 19.2 Å². The molecule has 0 aromatic carbocycles. The molecule has 0 aromatic rings. The van der Waals surface area contributed by atoms with Crippen molar-refractivity contribution in [1.82, 2.24) is 15.1 Å². The fourth-order valence-electron chi connectivity index (χ4n) is 3.39.